The van der Waals surface area contributed by atoms with E-state index in [2.05, 4.69) is 15.0 Å². The molecule has 1 saturated heterocycles. The third-order valence-corrected chi connectivity index (χ3v) is 8.54. The predicted octanol–water partition coefficient (Wildman–Crippen LogP) is 6.45. The number of ether oxygens (including phenoxy) is 2. The summed E-state index contributed by atoms with van der Waals surface area (Å²) in [7, 11) is 1.38. The molecule has 1 aromatic carbocycles. The van der Waals surface area contributed by atoms with Crippen LogP contribution in [0.15, 0.2) is 35.0 Å². The van der Waals surface area contributed by atoms with Crippen molar-refractivity contribution in [2.75, 3.05) is 25.1 Å². The molecule has 0 amide bonds. The Kier molecular flexibility index (Phi) is 6.63. The van der Waals surface area contributed by atoms with Crippen LogP contribution in [-0.2, 0) is 16.1 Å². The Hall–Kier alpha value is -2.61. The van der Waals surface area contributed by atoms with Gasteiger partial charge >= 0.3 is 5.97 Å². The van der Waals surface area contributed by atoms with Gasteiger partial charge in [0, 0.05) is 36.3 Å². The first-order valence-electron chi connectivity index (χ1n) is 12.8. The standard InChI is InChI=1S/C28H29Cl2N3O4/c1-15-8-17(28(34)35-2)11-31-27(15)33-12-18-9-20(10-19(18)13-33)36-14-21-25(32-37-26(21)16-6-7-16)24-22(29)4-3-5-23(24)30/h3-5,8,11,16,18-20H,6-7,9-10,12-14H2,1-2H3. The van der Waals surface area contributed by atoms with E-state index in [1.54, 1.807) is 6.20 Å². The number of hydrogen-bond acceptors (Lipinski definition) is 7. The van der Waals surface area contributed by atoms with Crippen molar-refractivity contribution in [3.63, 3.8) is 0 Å². The maximum atomic E-state index is 11.8. The first-order valence-corrected chi connectivity index (χ1v) is 13.5. The second kappa shape index (κ2) is 9.93. The number of benzene rings is 1. The van der Waals surface area contributed by atoms with Crippen LogP contribution in [0.4, 0.5) is 5.82 Å². The molecule has 2 aliphatic carbocycles. The molecule has 37 heavy (non-hydrogen) atoms. The molecular formula is C28H29Cl2N3O4. The molecule has 0 N–H and O–H groups in total. The number of anilines is 1. The Morgan fingerprint density at radius 3 is 2.49 bits per heavy atom. The minimum absolute atomic E-state index is 0.185. The summed E-state index contributed by atoms with van der Waals surface area (Å²) in [5.74, 6) is 2.99. The second-order valence-electron chi connectivity index (χ2n) is 10.4. The van der Waals surface area contributed by atoms with Crippen molar-refractivity contribution in [3.8, 4) is 11.3 Å². The summed E-state index contributed by atoms with van der Waals surface area (Å²) in [6.07, 6.45) is 6.02. The lowest BCUT2D eigenvalue weighted by molar-refractivity contribution is 0.0402. The van der Waals surface area contributed by atoms with Crippen LogP contribution in [0.25, 0.3) is 11.3 Å². The van der Waals surface area contributed by atoms with Crippen molar-refractivity contribution >= 4 is 35.0 Å². The first-order chi connectivity index (χ1) is 17.9. The quantitative estimate of drug-likeness (QED) is 0.318. The predicted molar refractivity (Wildman–Crippen MR) is 141 cm³/mol. The molecule has 0 spiro atoms. The van der Waals surface area contributed by atoms with Crippen LogP contribution in [-0.4, -0.2) is 42.4 Å². The minimum atomic E-state index is -0.363. The van der Waals surface area contributed by atoms with Crippen LogP contribution in [0, 0.1) is 18.8 Å². The number of halogens is 2. The minimum Gasteiger partial charge on any atom is -0.465 e. The van der Waals surface area contributed by atoms with E-state index in [9.17, 15) is 4.79 Å². The van der Waals surface area contributed by atoms with Crippen molar-refractivity contribution in [2.45, 2.75) is 51.2 Å². The van der Waals surface area contributed by atoms with Crippen LogP contribution in [0.3, 0.4) is 0 Å². The lowest BCUT2D eigenvalue weighted by atomic mass is 10.0. The lowest BCUT2D eigenvalue weighted by Crippen LogP contribution is -2.25. The largest absolute Gasteiger partial charge is 0.465 e. The van der Waals surface area contributed by atoms with Gasteiger partial charge in [-0.3, -0.25) is 0 Å². The number of carbonyl (C=O) groups excluding carboxylic acids is 1. The monoisotopic (exact) mass is 541 g/mol. The Labute approximate surface area is 226 Å². The van der Waals surface area contributed by atoms with Crippen molar-refractivity contribution < 1.29 is 18.8 Å². The van der Waals surface area contributed by atoms with Gasteiger partial charge in [-0.2, -0.15) is 0 Å². The van der Waals surface area contributed by atoms with E-state index in [1.807, 2.05) is 31.2 Å². The summed E-state index contributed by atoms with van der Waals surface area (Å²) in [5, 5.41) is 5.50. The van der Waals surface area contributed by atoms with Gasteiger partial charge in [0.15, 0.2) is 0 Å². The van der Waals surface area contributed by atoms with E-state index >= 15 is 0 Å². The number of aryl methyl sites for hydroxylation is 1. The van der Waals surface area contributed by atoms with Crippen LogP contribution >= 0.6 is 23.2 Å². The van der Waals surface area contributed by atoms with E-state index in [1.165, 1.54) is 7.11 Å². The number of esters is 1. The van der Waals surface area contributed by atoms with Crippen molar-refractivity contribution in [1.82, 2.24) is 10.1 Å². The fourth-order valence-corrected chi connectivity index (χ4v) is 6.51. The molecule has 2 saturated carbocycles. The van der Waals surface area contributed by atoms with E-state index in [-0.39, 0.29) is 12.1 Å². The fourth-order valence-electron chi connectivity index (χ4n) is 5.93. The normalized spacial score (nSPS) is 22.9. The SMILES string of the molecule is COC(=O)c1cnc(N2CC3CC(OCc4c(-c5c(Cl)cccc5Cl)noc4C4CC4)CC3C2)c(C)c1. The molecule has 3 aromatic rings. The number of pyridine rings is 1. The maximum absolute atomic E-state index is 11.8. The van der Waals surface area contributed by atoms with Gasteiger partial charge in [0.2, 0.25) is 0 Å². The molecule has 3 aliphatic rings. The number of nitrogens with zero attached hydrogens (tertiary/aromatic N) is 3. The van der Waals surface area contributed by atoms with Gasteiger partial charge in [-0.1, -0.05) is 34.4 Å². The Morgan fingerprint density at radius 2 is 1.86 bits per heavy atom. The summed E-state index contributed by atoms with van der Waals surface area (Å²) >= 11 is 13.0. The molecule has 9 heteroatoms. The summed E-state index contributed by atoms with van der Waals surface area (Å²) in [6.45, 7) is 4.32. The lowest BCUT2D eigenvalue weighted by Gasteiger charge is -2.22. The summed E-state index contributed by atoms with van der Waals surface area (Å²) < 4.78 is 17.1. The zero-order chi connectivity index (χ0) is 25.7. The zero-order valence-corrected chi connectivity index (χ0v) is 22.4. The Morgan fingerprint density at radius 1 is 1.16 bits per heavy atom. The maximum Gasteiger partial charge on any atom is 0.339 e. The van der Waals surface area contributed by atoms with Gasteiger partial charge in [0.25, 0.3) is 0 Å². The van der Waals surface area contributed by atoms with Gasteiger partial charge in [0.1, 0.15) is 17.3 Å². The number of carbonyl (C=O) groups is 1. The highest BCUT2D eigenvalue weighted by Gasteiger charge is 2.42. The molecular weight excluding hydrogens is 513 g/mol. The van der Waals surface area contributed by atoms with Crippen molar-refractivity contribution in [1.29, 1.82) is 0 Å². The molecule has 2 atom stereocenters. The molecule has 2 aromatic heterocycles. The highest BCUT2D eigenvalue weighted by Crippen LogP contribution is 2.47. The highest BCUT2D eigenvalue weighted by molar-refractivity contribution is 6.39. The third-order valence-electron chi connectivity index (χ3n) is 7.91. The summed E-state index contributed by atoms with van der Waals surface area (Å²) in [4.78, 5) is 18.7. The fraction of sp³-hybridized carbons (Fsp3) is 0.464. The number of hydrogen-bond donors (Lipinski definition) is 0. The molecule has 7 nitrogen and oxygen atoms in total. The van der Waals surface area contributed by atoms with Crippen LogP contribution in [0.5, 0.6) is 0 Å². The molecule has 0 bridgehead atoms. The van der Waals surface area contributed by atoms with Crippen LogP contribution < -0.4 is 4.90 Å². The van der Waals surface area contributed by atoms with Gasteiger partial charge in [-0.05, 0) is 68.2 Å². The topological polar surface area (TPSA) is 77.7 Å². The zero-order valence-electron chi connectivity index (χ0n) is 20.9. The van der Waals surface area contributed by atoms with E-state index in [0.29, 0.717) is 51.2 Å². The van der Waals surface area contributed by atoms with E-state index in [0.717, 1.165) is 61.5 Å². The average molecular weight is 542 g/mol. The number of fused-ring (bicyclic) bond motifs is 1. The smallest absolute Gasteiger partial charge is 0.339 e. The molecule has 194 valence electrons. The molecule has 1 aliphatic heterocycles. The molecule has 0 radical (unpaired) electrons. The number of rotatable bonds is 7. The molecule has 3 fully saturated rings. The molecule has 6 rings (SSSR count). The van der Waals surface area contributed by atoms with Gasteiger partial charge in [-0.15, -0.1) is 0 Å². The second-order valence-corrected chi connectivity index (χ2v) is 11.2. The third kappa shape index (κ3) is 4.73. The average Bonchev–Trinajstić information content (AvgIpc) is 3.35. The summed E-state index contributed by atoms with van der Waals surface area (Å²) in [6, 6.07) is 7.33. The highest BCUT2D eigenvalue weighted by atomic mass is 35.5. The van der Waals surface area contributed by atoms with Crippen molar-refractivity contribution in [3.05, 3.63) is 63.0 Å². The van der Waals surface area contributed by atoms with Gasteiger partial charge in [-0.25, -0.2) is 9.78 Å². The molecule has 2 unspecified atom stereocenters. The van der Waals surface area contributed by atoms with Crippen LogP contribution in [0.1, 0.15) is 58.8 Å². The Balaban J connectivity index is 1.12. The van der Waals surface area contributed by atoms with Gasteiger partial charge in [0.05, 0.1) is 35.4 Å². The number of aromatic nitrogens is 2. The number of methoxy groups -OCH3 is 1. The Bertz CT molecular complexity index is 1300. The molecule has 3 heterocycles. The summed E-state index contributed by atoms with van der Waals surface area (Å²) in [5.41, 5.74) is 3.84. The first kappa shape index (κ1) is 24.7. The van der Waals surface area contributed by atoms with Crippen molar-refractivity contribution in [2.24, 2.45) is 11.8 Å². The van der Waals surface area contributed by atoms with Crippen LogP contribution in [0.2, 0.25) is 10.0 Å². The van der Waals surface area contributed by atoms with E-state index < -0.39 is 0 Å². The van der Waals surface area contributed by atoms with Gasteiger partial charge < -0.3 is 18.9 Å². The van der Waals surface area contributed by atoms with E-state index in [4.69, 9.17) is 37.2 Å².